The van der Waals surface area contributed by atoms with Gasteiger partial charge in [0.15, 0.2) is 0 Å². The summed E-state index contributed by atoms with van der Waals surface area (Å²) in [4.78, 5) is 55.0. The Kier molecular flexibility index (Phi) is 12.1. The molecule has 10 heteroatoms. The monoisotopic (exact) mass is 773 g/mol. The predicted octanol–water partition coefficient (Wildman–Crippen LogP) is 6.79. The first-order valence-electron chi connectivity index (χ1n) is 20.7. The average molecular weight is 774 g/mol. The van der Waals surface area contributed by atoms with Gasteiger partial charge in [-0.15, -0.1) is 0 Å². The average Bonchev–Trinajstić information content (AvgIpc) is 4.08. The molecule has 4 heterocycles. The Hall–Kier alpha value is -6.02. The van der Waals surface area contributed by atoms with E-state index in [0.717, 1.165) is 91.0 Å². The molecule has 58 heavy (non-hydrogen) atoms. The second-order valence-electron chi connectivity index (χ2n) is 15.6. The molecule has 0 saturated carbocycles. The SMILES string of the molecule is N[C@@H](C(=O)N1CCC[C@H]1c1ncc(-c2ccc(C#Cc3ccc(C(=O)NC[C@@H]4CCCN4C(=O)[C@@H](c4ccccc4)N4CCCCC4)cc3)cc2)[nH]1)c1ccccc1. The minimum absolute atomic E-state index is 0.0303. The van der Waals surface area contributed by atoms with Crippen LogP contribution in [0.2, 0.25) is 0 Å². The lowest BCUT2D eigenvalue weighted by Gasteiger charge is -2.37. The van der Waals surface area contributed by atoms with Crippen LogP contribution in [0.15, 0.2) is 115 Å². The lowest BCUT2D eigenvalue weighted by Crippen LogP contribution is -2.49. The number of nitrogens with one attached hydrogen (secondary N) is 2. The Morgan fingerprint density at radius 3 is 2.02 bits per heavy atom. The summed E-state index contributed by atoms with van der Waals surface area (Å²) in [6.45, 7) is 3.65. The van der Waals surface area contributed by atoms with Crippen molar-refractivity contribution in [3.05, 3.63) is 149 Å². The van der Waals surface area contributed by atoms with Crippen molar-refractivity contribution in [1.82, 2.24) is 30.0 Å². The number of hydrogen-bond acceptors (Lipinski definition) is 6. The fourth-order valence-corrected chi connectivity index (χ4v) is 8.66. The minimum Gasteiger partial charge on any atom is -0.350 e. The molecular formula is C48H51N7O3. The van der Waals surface area contributed by atoms with E-state index in [1.807, 2.05) is 101 Å². The number of carbonyl (C=O) groups excluding carboxylic acids is 3. The summed E-state index contributed by atoms with van der Waals surface area (Å²) in [5.74, 6) is 7.10. The number of carbonyl (C=O) groups is 3. The smallest absolute Gasteiger partial charge is 0.251 e. The summed E-state index contributed by atoms with van der Waals surface area (Å²) in [5.41, 5.74) is 12.3. The standard InChI is InChI=1S/C48H51N7O3/c49-43(37-12-4-1-5-13-37)47(57)55-31-11-17-42(55)45-50-33-41(52-45)36-24-20-34(21-25-36)18-19-35-22-26-39(27-23-35)46(56)51-32-40-16-10-30-54(40)48(58)44(38-14-6-2-7-15-38)53-28-8-3-9-29-53/h1-2,4-7,12-15,20-27,33,40,42-44H,3,8-11,16-17,28-32,49H2,(H,50,52)(H,51,56)/t40-,42-,43+,44+/m0/s1. The largest absolute Gasteiger partial charge is 0.350 e. The zero-order valence-corrected chi connectivity index (χ0v) is 32.9. The van der Waals surface area contributed by atoms with Gasteiger partial charge >= 0.3 is 0 Å². The van der Waals surface area contributed by atoms with E-state index in [-0.39, 0.29) is 35.8 Å². The maximum atomic E-state index is 14.1. The number of amides is 3. The molecule has 5 aromatic rings. The summed E-state index contributed by atoms with van der Waals surface area (Å²) < 4.78 is 0. The number of H-pyrrole nitrogens is 1. The summed E-state index contributed by atoms with van der Waals surface area (Å²) >= 11 is 0. The molecule has 0 spiro atoms. The maximum Gasteiger partial charge on any atom is 0.251 e. The molecule has 0 radical (unpaired) electrons. The van der Waals surface area contributed by atoms with Crippen molar-refractivity contribution < 1.29 is 14.4 Å². The first-order chi connectivity index (χ1) is 28.4. The molecule has 1 aromatic heterocycles. The quantitative estimate of drug-likeness (QED) is 0.134. The zero-order chi connectivity index (χ0) is 39.8. The van der Waals surface area contributed by atoms with Gasteiger partial charge in [-0.2, -0.15) is 0 Å². The van der Waals surface area contributed by atoms with Crippen LogP contribution < -0.4 is 11.1 Å². The van der Waals surface area contributed by atoms with Crippen LogP contribution in [-0.4, -0.2) is 81.2 Å². The number of nitrogens with zero attached hydrogens (tertiary/aromatic N) is 4. The molecule has 8 rings (SSSR count). The van der Waals surface area contributed by atoms with Gasteiger partial charge in [0.25, 0.3) is 5.91 Å². The molecular weight excluding hydrogens is 723 g/mol. The Labute approximate surface area is 340 Å². The number of imidazole rings is 1. The molecule has 3 aliphatic rings. The van der Waals surface area contributed by atoms with Crippen LogP contribution in [0.5, 0.6) is 0 Å². The molecule has 10 nitrogen and oxygen atoms in total. The van der Waals surface area contributed by atoms with Crippen LogP contribution in [0.4, 0.5) is 0 Å². The van der Waals surface area contributed by atoms with Crippen molar-refractivity contribution in [1.29, 1.82) is 0 Å². The molecule has 3 fully saturated rings. The van der Waals surface area contributed by atoms with Gasteiger partial charge < -0.3 is 25.8 Å². The summed E-state index contributed by atoms with van der Waals surface area (Å²) in [6.07, 6.45) is 8.78. The van der Waals surface area contributed by atoms with Crippen LogP contribution in [0, 0.1) is 11.8 Å². The Morgan fingerprint density at radius 1 is 0.707 bits per heavy atom. The van der Waals surface area contributed by atoms with Gasteiger partial charge in [-0.3, -0.25) is 19.3 Å². The van der Waals surface area contributed by atoms with Gasteiger partial charge in [-0.25, -0.2) is 4.98 Å². The van der Waals surface area contributed by atoms with Crippen LogP contribution in [0.1, 0.15) is 102 Å². The van der Waals surface area contributed by atoms with Crippen molar-refractivity contribution in [3.8, 4) is 23.1 Å². The number of rotatable bonds is 10. The molecule has 0 unspecified atom stereocenters. The first-order valence-corrected chi connectivity index (χ1v) is 20.7. The van der Waals surface area contributed by atoms with Gasteiger partial charge in [0.05, 0.1) is 17.9 Å². The summed E-state index contributed by atoms with van der Waals surface area (Å²) in [5, 5.41) is 3.10. The molecule has 0 aliphatic carbocycles. The molecule has 296 valence electrons. The third-order valence-corrected chi connectivity index (χ3v) is 11.8. The molecule has 3 saturated heterocycles. The fraction of sp³-hybridized carbons (Fsp3) is 0.333. The van der Waals surface area contributed by atoms with Gasteiger partial charge in [-0.1, -0.05) is 91.1 Å². The van der Waals surface area contributed by atoms with Crippen molar-refractivity contribution >= 4 is 17.7 Å². The number of hydrogen-bond donors (Lipinski definition) is 3. The molecule has 3 aliphatic heterocycles. The minimum atomic E-state index is -0.705. The van der Waals surface area contributed by atoms with Crippen molar-refractivity contribution in [2.45, 2.75) is 69.1 Å². The highest BCUT2D eigenvalue weighted by atomic mass is 16.2. The van der Waals surface area contributed by atoms with Crippen LogP contribution in [0.25, 0.3) is 11.3 Å². The van der Waals surface area contributed by atoms with Crippen LogP contribution >= 0.6 is 0 Å². The number of piperidine rings is 1. The number of nitrogens with two attached hydrogens (primary N) is 1. The zero-order valence-electron chi connectivity index (χ0n) is 32.9. The van der Waals surface area contributed by atoms with E-state index in [1.54, 1.807) is 12.1 Å². The Bertz CT molecular complexity index is 2240. The number of likely N-dealkylation sites (tertiary alicyclic amines) is 3. The van der Waals surface area contributed by atoms with E-state index in [2.05, 4.69) is 44.2 Å². The highest BCUT2D eigenvalue weighted by Crippen LogP contribution is 2.34. The molecule has 4 aromatic carbocycles. The highest BCUT2D eigenvalue weighted by Gasteiger charge is 2.38. The summed E-state index contributed by atoms with van der Waals surface area (Å²) in [6, 6.07) is 33.7. The van der Waals surface area contributed by atoms with E-state index in [1.165, 1.54) is 6.42 Å². The van der Waals surface area contributed by atoms with Crippen molar-refractivity contribution in [2.75, 3.05) is 32.7 Å². The topological polar surface area (TPSA) is 128 Å². The van der Waals surface area contributed by atoms with E-state index in [0.29, 0.717) is 25.2 Å². The van der Waals surface area contributed by atoms with E-state index >= 15 is 0 Å². The molecule has 3 amide bonds. The van der Waals surface area contributed by atoms with Gasteiger partial charge in [-0.05, 0) is 105 Å². The van der Waals surface area contributed by atoms with Crippen molar-refractivity contribution in [2.24, 2.45) is 5.73 Å². The Morgan fingerprint density at radius 2 is 1.33 bits per heavy atom. The number of benzene rings is 4. The maximum absolute atomic E-state index is 14.1. The third kappa shape index (κ3) is 8.76. The van der Waals surface area contributed by atoms with E-state index < -0.39 is 6.04 Å². The van der Waals surface area contributed by atoms with Crippen LogP contribution in [0.3, 0.4) is 0 Å². The lowest BCUT2D eigenvalue weighted by molar-refractivity contribution is -0.138. The Balaban J connectivity index is 0.850. The number of aromatic amines is 1. The normalized spacial score (nSPS) is 19.3. The highest BCUT2D eigenvalue weighted by molar-refractivity contribution is 5.94. The number of aromatic nitrogens is 2. The second-order valence-corrected chi connectivity index (χ2v) is 15.6. The van der Waals surface area contributed by atoms with Gasteiger partial charge in [0.2, 0.25) is 11.8 Å². The molecule has 0 bridgehead atoms. The fourth-order valence-electron chi connectivity index (χ4n) is 8.66. The van der Waals surface area contributed by atoms with Crippen molar-refractivity contribution in [3.63, 3.8) is 0 Å². The third-order valence-electron chi connectivity index (χ3n) is 11.8. The van der Waals surface area contributed by atoms with Crippen LogP contribution in [-0.2, 0) is 9.59 Å². The lowest BCUT2D eigenvalue weighted by atomic mass is 10.00. The van der Waals surface area contributed by atoms with Gasteiger partial charge in [0, 0.05) is 42.4 Å². The first kappa shape index (κ1) is 38.8. The van der Waals surface area contributed by atoms with E-state index in [4.69, 9.17) is 5.73 Å². The molecule has 4 atom stereocenters. The predicted molar refractivity (Wildman–Crippen MR) is 225 cm³/mol. The molecule has 4 N–H and O–H groups in total. The summed E-state index contributed by atoms with van der Waals surface area (Å²) in [7, 11) is 0. The second kappa shape index (κ2) is 18.1. The van der Waals surface area contributed by atoms with Gasteiger partial charge in [0.1, 0.15) is 17.9 Å². The van der Waals surface area contributed by atoms with E-state index in [9.17, 15) is 14.4 Å².